The molecule has 3 aromatic rings. The third kappa shape index (κ3) is 5.29. The number of carbonyl (C=O) groups is 1. The Morgan fingerprint density at radius 2 is 1.75 bits per heavy atom. The van der Waals surface area contributed by atoms with Crippen LogP contribution in [0.1, 0.15) is 34.8 Å². The average Bonchev–Trinajstić information content (AvgIpc) is 2.72. The third-order valence-corrected chi connectivity index (χ3v) is 4.84. The van der Waals surface area contributed by atoms with E-state index >= 15 is 0 Å². The predicted octanol–water partition coefficient (Wildman–Crippen LogP) is 4.84. The fraction of sp³-hybridized carbons (Fsp3) is 0.217. The SMILES string of the molecule is COc1ccc([C@@H](CC(=O)Nc2ccc(C(F)(F)F)cc2)c2c(O)cc(C)oc2=O)cc1. The lowest BCUT2D eigenvalue weighted by Crippen LogP contribution is -2.21. The van der Waals surface area contributed by atoms with E-state index in [0.717, 1.165) is 24.3 Å². The lowest BCUT2D eigenvalue weighted by Gasteiger charge is -2.18. The Kier molecular flexibility index (Phi) is 6.57. The van der Waals surface area contributed by atoms with Crippen LogP contribution in [0.2, 0.25) is 0 Å². The Labute approximate surface area is 181 Å². The van der Waals surface area contributed by atoms with Crippen molar-refractivity contribution in [1.82, 2.24) is 0 Å². The smallest absolute Gasteiger partial charge is 0.416 e. The number of alkyl halides is 3. The summed E-state index contributed by atoms with van der Waals surface area (Å²) in [4.78, 5) is 25.2. The first kappa shape index (κ1) is 22.9. The molecule has 0 aliphatic carbocycles. The van der Waals surface area contributed by atoms with Crippen molar-refractivity contribution in [3.63, 3.8) is 0 Å². The van der Waals surface area contributed by atoms with Crippen molar-refractivity contribution in [3.05, 3.63) is 87.5 Å². The first-order valence-corrected chi connectivity index (χ1v) is 9.53. The van der Waals surface area contributed by atoms with Crippen molar-refractivity contribution in [1.29, 1.82) is 0 Å². The number of amides is 1. The van der Waals surface area contributed by atoms with E-state index < -0.39 is 29.2 Å². The first-order chi connectivity index (χ1) is 15.1. The van der Waals surface area contributed by atoms with Crippen LogP contribution in [0, 0.1) is 6.92 Å². The molecule has 0 fully saturated rings. The van der Waals surface area contributed by atoms with Gasteiger partial charge in [-0.1, -0.05) is 12.1 Å². The Hall–Kier alpha value is -3.75. The quantitative estimate of drug-likeness (QED) is 0.565. The van der Waals surface area contributed by atoms with Crippen LogP contribution in [0.15, 0.2) is 63.8 Å². The zero-order chi connectivity index (χ0) is 23.5. The van der Waals surface area contributed by atoms with Gasteiger partial charge in [0, 0.05) is 24.1 Å². The molecular formula is C23H20F3NO5. The monoisotopic (exact) mass is 447 g/mol. The predicted molar refractivity (Wildman–Crippen MR) is 111 cm³/mol. The largest absolute Gasteiger partial charge is 0.507 e. The summed E-state index contributed by atoms with van der Waals surface area (Å²) >= 11 is 0. The molecule has 168 valence electrons. The molecule has 0 saturated heterocycles. The summed E-state index contributed by atoms with van der Waals surface area (Å²) in [6, 6.07) is 11.9. The number of anilines is 1. The van der Waals surface area contributed by atoms with Gasteiger partial charge >= 0.3 is 11.8 Å². The summed E-state index contributed by atoms with van der Waals surface area (Å²) in [7, 11) is 1.49. The first-order valence-electron chi connectivity index (χ1n) is 9.53. The molecule has 6 nitrogen and oxygen atoms in total. The Bertz CT molecular complexity index is 1150. The van der Waals surface area contributed by atoms with Gasteiger partial charge in [-0.2, -0.15) is 13.2 Å². The van der Waals surface area contributed by atoms with Crippen LogP contribution in [0.5, 0.6) is 11.5 Å². The summed E-state index contributed by atoms with van der Waals surface area (Å²) in [5.74, 6) is -0.986. The normalized spacial score (nSPS) is 12.3. The topological polar surface area (TPSA) is 88.8 Å². The van der Waals surface area contributed by atoms with Crippen LogP contribution in [0.3, 0.4) is 0 Å². The number of ether oxygens (including phenoxy) is 1. The summed E-state index contributed by atoms with van der Waals surface area (Å²) in [6.07, 6.45) is -4.76. The molecule has 0 aliphatic rings. The molecule has 0 unspecified atom stereocenters. The molecule has 1 atom stereocenters. The lowest BCUT2D eigenvalue weighted by atomic mass is 9.88. The van der Waals surface area contributed by atoms with Crippen LogP contribution < -0.4 is 15.7 Å². The second-order valence-corrected chi connectivity index (χ2v) is 7.10. The highest BCUT2D eigenvalue weighted by atomic mass is 19.4. The van der Waals surface area contributed by atoms with Crippen LogP contribution in [-0.2, 0) is 11.0 Å². The van der Waals surface area contributed by atoms with E-state index in [1.54, 1.807) is 24.3 Å². The van der Waals surface area contributed by atoms with E-state index in [1.807, 2.05) is 0 Å². The van der Waals surface area contributed by atoms with Crippen molar-refractivity contribution in [2.75, 3.05) is 12.4 Å². The molecule has 2 aromatic carbocycles. The van der Waals surface area contributed by atoms with Crippen molar-refractivity contribution >= 4 is 11.6 Å². The summed E-state index contributed by atoms with van der Waals surface area (Å²) in [5, 5.41) is 12.9. The molecule has 9 heteroatoms. The molecule has 2 N–H and O–H groups in total. The minimum Gasteiger partial charge on any atom is -0.507 e. The van der Waals surface area contributed by atoms with Crippen LogP contribution >= 0.6 is 0 Å². The van der Waals surface area contributed by atoms with Gasteiger partial charge in [-0.15, -0.1) is 0 Å². The lowest BCUT2D eigenvalue weighted by molar-refractivity contribution is -0.137. The van der Waals surface area contributed by atoms with Gasteiger partial charge in [0.1, 0.15) is 17.3 Å². The Balaban J connectivity index is 1.90. The highest BCUT2D eigenvalue weighted by Crippen LogP contribution is 2.34. The molecule has 3 rings (SSSR count). The minimum atomic E-state index is -4.49. The van der Waals surface area contributed by atoms with Gasteiger partial charge in [-0.3, -0.25) is 4.79 Å². The maximum atomic E-state index is 12.7. The highest BCUT2D eigenvalue weighted by molar-refractivity contribution is 5.91. The van der Waals surface area contributed by atoms with Gasteiger partial charge in [0.25, 0.3) is 0 Å². The molecule has 0 bridgehead atoms. The second kappa shape index (κ2) is 9.17. The molecule has 32 heavy (non-hydrogen) atoms. The molecular weight excluding hydrogens is 427 g/mol. The number of hydrogen-bond donors (Lipinski definition) is 2. The minimum absolute atomic E-state index is 0.0941. The van der Waals surface area contributed by atoms with E-state index in [-0.39, 0.29) is 29.2 Å². The summed E-state index contributed by atoms with van der Waals surface area (Å²) in [6.45, 7) is 1.50. The van der Waals surface area contributed by atoms with Gasteiger partial charge in [-0.05, 0) is 48.9 Å². The maximum Gasteiger partial charge on any atom is 0.416 e. The molecule has 0 saturated carbocycles. The number of nitrogens with one attached hydrogen (secondary N) is 1. The molecule has 0 aliphatic heterocycles. The van der Waals surface area contributed by atoms with Gasteiger partial charge < -0.3 is 19.6 Å². The zero-order valence-electron chi connectivity index (χ0n) is 17.2. The van der Waals surface area contributed by atoms with E-state index in [0.29, 0.717) is 11.3 Å². The summed E-state index contributed by atoms with van der Waals surface area (Å²) in [5.41, 5.74) is -1.01. The molecule has 1 heterocycles. The van der Waals surface area contributed by atoms with Crippen molar-refractivity contribution in [3.8, 4) is 11.5 Å². The number of halogens is 3. The maximum absolute atomic E-state index is 12.7. The van der Waals surface area contributed by atoms with Crippen LogP contribution in [0.4, 0.5) is 18.9 Å². The van der Waals surface area contributed by atoms with E-state index in [1.165, 1.54) is 20.1 Å². The number of rotatable bonds is 6. The number of methoxy groups -OCH3 is 1. The van der Waals surface area contributed by atoms with Crippen molar-refractivity contribution < 1.29 is 32.2 Å². The molecule has 1 amide bonds. The summed E-state index contributed by atoms with van der Waals surface area (Å²) < 4.78 is 48.4. The fourth-order valence-corrected chi connectivity index (χ4v) is 3.29. The van der Waals surface area contributed by atoms with Gasteiger partial charge in [0.2, 0.25) is 5.91 Å². The van der Waals surface area contributed by atoms with E-state index in [9.17, 15) is 27.9 Å². The Morgan fingerprint density at radius 3 is 2.28 bits per heavy atom. The van der Waals surface area contributed by atoms with E-state index in [4.69, 9.17) is 9.15 Å². The zero-order valence-corrected chi connectivity index (χ0v) is 17.2. The molecule has 0 radical (unpaired) electrons. The third-order valence-electron chi connectivity index (χ3n) is 4.84. The van der Waals surface area contributed by atoms with Crippen molar-refractivity contribution in [2.24, 2.45) is 0 Å². The number of benzene rings is 2. The van der Waals surface area contributed by atoms with E-state index in [2.05, 4.69) is 5.32 Å². The van der Waals surface area contributed by atoms with Crippen molar-refractivity contribution in [2.45, 2.75) is 25.4 Å². The van der Waals surface area contributed by atoms with Crippen LogP contribution in [0.25, 0.3) is 0 Å². The van der Waals surface area contributed by atoms with Gasteiger partial charge in [0.05, 0.1) is 18.2 Å². The number of aromatic hydroxyl groups is 1. The molecule has 0 spiro atoms. The number of aryl methyl sites for hydroxylation is 1. The van der Waals surface area contributed by atoms with Gasteiger partial charge in [0.15, 0.2) is 0 Å². The number of hydrogen-bond acceptors (Lipinski definition) is 5. The Morgan fingerprint density at radius 1 is 1.12 bits per heavy atom. The number of carbonyl (C=O) groups excluding carboxylic acids is 1. The fourth-order valence-electron chi connectivity index (χ4n) is 3.29. The average molecular weight is 447 g/mol. The highest BCUT2D eigenvalue weighted by Gasteiger charge is 2.30. The molecule has 1 aromatic heterocycles. The van der Waals surface area contributed by atoms with Gasteiger partial charge in [-0.25, -0.2) is 4.79 Å². The standard InChI is InChI=1S/C23H20F3NO5/c1-13-11-19(28)21(22(30)32-13)18(14-3-9-17(31-2)10-4-14)12-20(29)27-16-7-5-15(6-8-16)23(24,25)26/h3-11,18,28H,12H2,1-2H3,(H,27,29)/t18-/m1/s1. The second-order valence-electron chi connectivity index (χ2n) is 7.10. The van der Waals surface area contributed by atoms with Crippen LogP contribution in [-0.4, -0.2) is 18.1 Å².